The van der Waals surface area contributed by atoms with E-state index >= 15 is 0 Å². The highest BCUT2D eigenvalue weighted by molar-refractivity contribution is 6.21. The lowest BCUT2D eigenvalue weighted by Gasteiger charge is -2.17. The van der Waals surface area contributed by atoms with E-state index in [0.717, 1.165) is 0 Å². The summed E-state index contributed by atoms with van der Waals surface area (Å²) in [4.78, 5) is 0. The molecule has 0 spiro atoms. The Morgan fingerprint density at radius 2 is 0.958 bits per heavy atom. The molecule has 6 aromatic carbocycles. The first-order valence-electron chi connectivity index (χ1n) is 17.6. The Labute approximate surface area is 292 Å². The van der Waals surface area contributed by atoms with Crippen molar-refractivity contribution in [2.24, 2.45) is 0 Å². The van der Waals surface area contributed by atoms with Crippen LogP contribution >= 0.6 is 0 Å². The molecule has 0 bridgehead atoms. The largest absolute Gasteiger partial charge is 0.0984 e. The summed E-state index contributed by atoms with van der Waals surface area (Å²) < 4.78 is 0. The molecule has 0 saturated carbocycles. The molecular formula is C48H56. The topological polar surface area (TPSA) is 0 Å². The lowest BCUT2D eigenvalue weighted by atomic mass is 9.86. The van der Waals surface area contributed by atoms with Crippen LogP contribution in [0.25, 0.3) is 49.4 Å². The number of allylic oxidation sites excluding steroid dienone is 5. The Hall–Kier alpha value is -4.94. The van der Waals surface area contributed by atoms with E-state index in [9.17, 15) is 0 Å². The summed E-state index contributed by atoms with van der Waals surface area (Å²) in [5.41, 5.74) is 11.5. The van der Waals surface area contributed by atoms with E-state index < -0.39 is 0 Å². The molecule has 0 aliphatic rings. The van der Waals surface area contributed by atoms with Crippen molar-refractivity contribution in [3.63, 3.8) is 0 Å². The molecule has 0 heteroatoms. The van der Waals surface area contributed by atoms with E-state index in [-0.39, 0.29) is 0 Å². The number of aryl methyl sites for hydroxylation is 2. The lowest BCUT2D eigenvalue weighted by molar-refractivity contribution is 1.40. The monoisotopic (exact) mass is 632 g/mol. The second-order valence-electron chi connectivity index (χ2n) is 10.7. The summed E-state index contributed by atoms with van der Waals surface area (Å²) in [5.74, 6) is 0. The van der Waals surface area contributed by atoms with Gasteiger partial charge >= 0.3 is 0 Å². The number of rotatable bonds is 5. The van der Waals surface area contributed by atoms with Gasteiger partial charge in [-0.3, -0.25) is 0 Å². The Kier molecular flexibility index (Phi) is 17.2. The fourth-order valence-corrected chi connectivity index (χ4v) is 5.85. The molecule has 0 aliphatic carbocycles. The van der Waals surface area contributed by atoms with Gasteiger partial charge in [0, 0.05) is 0 Å². The Morgan fingerprint density at radius 1 is 0.521 bits per heavy atom. The third-order valence-corrected chi connectivity index (χ3v) is 7.78. The fourth-order valence-electron chi connectivity index (χ4n) is 5.85. The highest BCUT2D eigenvalue weighted by atomic mass is 14.2. The normalized spacial score (nSPS) is 10.6. The van der Waals surface area contributed by atoms with E-state index in [0.29, 0.717) is 0 Å². The van der Waals surface area contributed by atoms with E-state index in [2.05, 4.69) is 167 Å². The van der Waals surface area contributed by atoms with Crippen molar-refractivity contribution in [3.8, 4) is 22.3 Å². The molecule has 48 heavy (non-hydrogen) atoms. The Morgan fingerprint density at radius 3 is 1.42 bits per heavy atom. The van der Waals surface area contributed by atoms with E-state index in [4.69, 9.17) is 0 Å². The highest BCUT2D eigenvalue weighted by Gasteiger charge is 2.16. The van der Waals surface area contributed by atoms with Crippen LogP contribution in [0.2, 0.25) is 0 Å². The SMILES string of the molecule is C=C/C(=C(C)\C=C/C)c1ccccc1C.CC.CC.CC.Cc1cccc(-c2c3ccccc3c(-c3ccccc3)c3ccccc23)c1. The van der Waals surface area contributed by atoms with Gasteiger partial charge in [-0.2, -0.15) is 0 Å². The van der Waals surface area contributed by atoms with Gasteiger partial charge < -0.3 is 0 Å². The summed E-state index contributed by atoms with van der Waals surface area (Å²) >= 11 is 0. The molecule has 0 aromatic heterocycles. The van der Waals surface area contributed by atoms with Gasteiger partial charge in [0.15, 0.2) is 0 Å². The van der Waals surface area contributed by atoms with Crippen molar-refractivity contribution in [2.45, 2.75) is 69.2 Å². The van der Waals surface area contributed by atoms with Gasteiger partial charge in [0.25, 0.3) is 0 Å². The van der Waals surface area contributed by atoms with Crippen LogP contribution in [0, 0.1) is 13.8 Å². The number of hydrogen-bond donors (Lipinski definition) is 0. The minimum absolute atomic E-state index is 1.21. The van der Waals surface area contributed by atoms with Crippen molar-refractivity contribution < 1.29 is 0 Å². The van der Waals surface area contributed by atoms with Gasteiger partial charge in [-0.25, -0.2) is 0 Å². The molecule has 0 fully saturated rings. The van der Waals surface area contributed by atoms with Crippen molar-refractivity contribution in [3.05, 3.63) is 174 Å². The molecule has 0 atom stereocenters. The molecule has 248 valence electrons. The zero-order chi connectivity index (χ0) is 35.5. The Bertz CT molecular complexity index is 1860. The van der Waals surface area contributed by atoms with E-state index in [1.54, 1.807) is 0 Å². The second kappa shape index (κ2) is 21.0. The van der Waals surface area contributed by atoms with Crippen LogP contribution in [0.1, 0.15) is 72.1 Å². The molecule has 0 heterocycles. The fraction of sp³-hybridized carbons (Fsp3) is 0.208. The van der Waals surface area contributed by atoms with Crippen LogP contribution in [0.5, 0.6) is 0 Å². The minimum atomic E-state index is 1.21. The van der Waals surface area contributed by atoms with Gasteiger partial charge in [-0.15, -0.1) is 0 Å². The predicted octanol–water partition coefficient (Wildman–Crippen LogP) is 15.2. The van der Waals surface area contributed by atoms with Gasteiger partial charge in [0.2, 0.25) is 0 Å². The standard InChI is InChI=1S/C27H20.C15H18.3C2H6/c1-19-10-9-13-21(18-19)27-24-16-7-5-14-22(24)26(20-11-3-2-4-12-20)23-15-6-8-17-25(23)27;1-5-9-12(3)14(6-2)15-11-8-7-10-13(15)4;3*1-2/h2-18H,1H3;5-11H,2H2,1,3-4H3;3*1-2H3/b;9-5-,14-12+;;;. The van der Waals surface area contributed by atoms with Crippen LogP contribution in [-0.4, -0.2) is 0 Å². The van der Waals surface area contributed by atoms with Crippen LogP contribution in [0.15, 0.2) is 158 Å². The zero-order valence-corrected chi connectivity index (χ0v) is 31.1. The van der Waals surface area contributed by atoms with Gasteiger partial charge in [-0.1, -0.05) is 199 Å². The second-order valence-corrected chi connectivity index (χ2v) is 10.7. The average Bonchev–Trinajstić information content (AvgIpc) is 3.15. The molecule has 0 radical (unpaired) electrons. The maximum absolute atomic E-state index is 3.89. The Balaban J connectivity index is 0.000000326. The molecule has 0 aliphatic heterocycles. The van der Waals surface area contributed by atoms with E-state index in [1.807, 2.05) is 54.5 Å². The van der Waals surface area contributed by atoms with Gasteiger partial charge in [0.1, 0.15) is 0 Å². The van der Waals surface area contributed by atoms with Gasteiger partial charge in [0.05, 0.1) is 0 Å². The maximum atomic E-state index is 3.89. The molecular weight excluding hydrogens is 577 g/mol. The van der Waals surface area contributed by atoms with Crippen LogP contribution in [0.4, 0.5) is 0 Å². The lowest BCUT2D eigenvalue weighted by Crippen LogP contribution is -1.90. The first kappa shape index (κ1) is 39.2. The molecule has 0 saturated heterocycles. The maximum Gasteiger partial charge on any atom is -0.00263 e. The molecule has 6 aromatic rings. The summed E-state index contributed by atoms with van der Waals surface area (Å²) in [6.07, 6.45) is 6.10. The highest BCUT2D eigenvalue weighted by Crippen LogP contribution is 2.43. The van der Waals surface area contributed by atoms with Crippen molar-refractivity contribution in [1.82, 2.24) is 0 Å². The third-order valence-electron chi connectivity index (χ3n) is 7.78. The summed E-state index contributed by atoms with van der Waals surface area (Å²) in [5, 5.41) is 5.22. The first-order valence-corrected chi connectivity index (χ1v) is 17.6. The summed E-state index contributed by atoms with van der Waals surface area (Å²) in [7, 11) is 0. The molecule has 6 rings (SSSR count). The van der Waals surface area contributed by atoms with Gasteiger partial charge in [-0.05, 0) is 93.8 Å². The summed E-state index contributed by atoms with van der Waals surface area (Å²) in [6, 6.07) is 45.5. The molecule has 0 amide bonds. The smallest absolute Gasteiger partial charge is 0.00263 e. The minimum Gasteiger partial charge on any atom is -0.0984 e. The molecule has 0 unspecified atom stereocenters. The number of benzene rings is 6. The zero-order valence-electron chi connectivity index (χ0n) is 31.1. The van der Waals surface area contributed by atoms with Crippen molar-refractivity contribution >= 4 is 27.1 Å². The summed E-state index contributed by atoms with van der Waals surface area (Å²) in [6.45, 7) is 24.3. The number of hydrogen-bond acceptors (Lipinski definition) is 0. The van der Waals surface area contributed by atoms with Crippen molar-refractivity contribution in [2.75, 3.05) is 0 Å². The third kappa shape index (κ3) is 9.55. The quantitative estimate of drug-likeness (QED) is 0.131. The van der Waals surface area contributed by atoms with Crippen molar-refractivity contribution in [1.29, 1.82) is 0 Å². The average molecular weight is 633 g/mol. The molecule has 0 N–H and O–H groups in total. The predicted molar refractivity (Wildman–Crippen MR) is 220 cm³/mol. The van der Waals surface area contributed by atoms with E-state index in [1.165, 1.54) is 71.6 Å². The van der Waals surface area contributed by atoms with Crippen LogP contribution in [-0.2, 0) is 0 Å². The molecule has 0 nitrogen and oxygen atoms in total. The number of fused-ring (bicyclic) bond motifs is 2. The van der Waals surface area contributed by atoms with Crippen LogP contribution < -0.4 is 0 Å². The first-order chi connectivity index (χ1) is 23.5. The van der Waals surface area contributed by atoms with Crippen LogP contribution in [0.3, 0.4) is 0 Å².